The largest absolute Gasteiger partial charge is 0.344 e. The number of benzene rings is 20. The van der Waals surface area contributed by atoms with E-state index >= 15 is 0 Å². The number of thiophene rings is 2. The van der Waals surface area contributed by atoms with E-state index in [0.717, 1.165) is 0 Å². The van der Waals surface area contributed by atoms with Crippen LogP contribution in [0, 0.1) is 0 Å². The minimum absolute atomic E-state index is 1.17. The van der Waals surface area contributed by atoms with Gasteiger partial charge < -0.3 is 41.1 Å². The number of para-hydroxylation sites is 14. The van der Waals surface area contributed by atoms with Crippen LogP contribution >= 0.6 is 22.7 Å². The number of aromatic nitrogens is 9. The summed E-state index contributed by atoms with van der Waals surface area (Å²) in [7, 11) is 8.82. The topological polar surface area (TPSA) is 44.4 Å². The summed E-state index contributed by atoms with van der Waals surface area (Å²) in [5.74, 6) is 0. The molecule has 0 saturated heterocycles. The zero-order valence-corrected chi connectivity index (χ0v) is 76.0. The number of nitrogens with zero attached hydrogens (tertiary/aromatic N) is 9. The van der Waals surface area contributed by atoms with Crippen molar-refractivity contribution in [1.82, 2.24) is 41.1 Å². The number of fused-ring (bicyclic) bond motifs is 43. The molecule has 0 aliphatic heterocycles. The molecule has 20 aromatic carbocycles. The lowest BCUT2D eigenvalue weighted by Crippen LogP contribution is -1.98. The van der Waals surface area contributed by atoms with Gasteiger partial charge in [-0.2, -0.15) is 0 Å². The number of hydrogen-bond acceptors (Lipinski definition) is 2. The van der Waals surface area contributed by atoms with E-state index in [9.17, 15) is 0 Å². The summed E-state index contributed by atoms with van der Waals surface area (Å²) < 4.78 is 27.2. The Balaban J connectivity index is 0.0000000901. The summed E-state index contributed by atoms with van der Waals surface area (Å²) in [5, 5.41) is 29.2. The lowest BCUT2D eigenvalue weighted by atomic mass is 10.0. The van der Waals surface area contributed by atoms with E-state index in [1.54, 1.807) is 0 Å². The molecule has 0 spiro atoms. The van der Waals surface area contributed by atoms with Gasteiger partial charge in [0.15, 0.2) is 0 Å². The van der Waals surface area contributed by atoms with E-state index in [-0.39, 0.29) is 0 Å². The number of hydrogen-bond donors (Lipinski definition) is 0. The standard InChI is InChI=1S/C37H25N3.2C31H20N2S.C25H18N2/c1-38-29-21-11-8-18-26(29)33-32-27-19-9-12-22-30(27)39(24-14-4-2-5-15-24)35(32)34-28-20-10-13-23-31(28)40(37(34)36(33)38)25-16-6-3-7-17-25;1-32-23-16-8-5-13-20(23)28-29(32)30-26(27-22-15-7-10-18-25(22)34-31(27)28)21-14-6-9-17-24(21)33(30)19-11-3-2-4-12-19;1-32-23-16-8-5-13-20(23)26-27-22-15-7-10-18-25(22)34-31(27)28-21-14-6-9-17-24(21)33(30(28)29(26)32)19-11-3-2-4-12-19;1-26-20-13-7-5-11-18(20)24-22(26)15-16-23-25(24)19-12-6-8-14-21(19)27(23)17-9-3-2-4-10-17/h2-23H,1H3;2*2-18H,1H3;2-16H,1H3. The van der Waals surface area contributed by atoms with Crippen LogP contribution in [0.4, 0.5) is 0 Å². The lowest BCUT2D eigenvalue weighted by Gasteiger charge is -2.12. The Bertz CT molecular complexity index is 10400. The molecular formula is C124H83N9S2. The van der Waals surface area contributed by atoms with Crippen LogP contribution < -0.4 is 0 Å². The zero-order chi connectivity index (χ0) is 89.1. The molecule has 0 atom stereocenters. The van der Waals surface area contributed by atoms with Crippen LogP contribution in [0.1, 0.15) is 0 Å². The molecule has 0 aliphatic rings. The van der Waals surface area contributed by atoms with Crippen LogP contribution in [0.2, 0.25) is 0 Å². The Kier molecular flexibility index (Phi) is 17.0. The first-order chi connectivity index (χ1) is 66.8. The van der Waals surface area contributed by atoms with Crippen LogP contribution in [0.5, 0.6) is 0 Å². The molecule has 0 N–H and O–H groups in total. The van der Waals surface area contributed by atoms with Crippen molar-refractivity contribution in [3.8, 4) is 28.4 Å². The van der Waals surface area contributed by atoms with Crippen molar-refractivity contribution in [2.45, 2.75) is 0 Å². The maximum Gasteiger partial charge on any atom is 0.0806 e. The second-order valence-electron chi connectivity index (χ2n) is 35.8. The molecule has 0 bridgehead atoms. The van der Waals surface area contributed by atoms with Gasteiger partial charge in [-0.1, -0.05) is 291 Å². The molecule has 0 fully saturated rings. The van der Waals surface area contributed by atoms with Crippen LogP contribution in [-0.4, -0.2) is 41.1 Å². The molecule has 9 nitrogen and oxygen atoms in total. The van der Waals surface area contributed by atoms with Gasteiger partial charge in [0.25, 0.3) is 0 Å². The summed E-state index contributed by atoms with van der Waals surface area (Å²) in [6, 6.07) is 156. The van der Waals surface area contributed by atoms with Gasteiger partial charge in [-0.3, -0.25) is 0 Å². The van der Waals surface area contributed by atoms with Crippen molar-refractivity contribution in [2.24, 2.45) is 28.2 Å². The van der Waals surface area contributed by atoms with Crippen LogP contribution in [0.25, 0.3) is 265 Å². The van der Waals surface area contributed by atoms with E-state index in [1.165, 1.54) is 265 Å². The normalized spacial score (nSPS) is 12.1. The Morgan fingerprint density at radius 2 is 0.348 bits per heavy atom. The molecule has 0 amide bonds. The Hall–Kier alpha value is -17.0. The van der Waals surface area contributed by atoms with Crippen molar-refractivity contribution in [3.63, 3.8) is 0 Å². The summed E-state index contributed by atoms with van der Waals surface area (Å²) in [5.41, 5.74) is 28.7. The smallest absolute Gasteiger partial charge is 0.0806 e. The molecule has 135 heavy (non-hydrogen) atoms. The fourth-order valence-corrected chi connectivity index (χ4v) is 26.0. The van der Waals surface area contributed by atoms with Gasteiger partial charge in [-0.25, -0.2) is 0 Å². The second-order valence-corrected chi connectivity index (χ2v) is 37.9. The van der Waals surface area contributed by atoms with Gasteiger partial charge >= 0.3 is 0 Å². The molecule has 31 rings (SSSR count). The van der Waals surface area contributed by atoms with Crippen LogP contribution in [-0.2, 0) is 28.2 Å². The highest BCUT2D eigenvalue weighted by atomic mass is 32.1. The van der Waals surface area contributed by atoms with Gasteiger partial charge in [0.05, 0.1) is 71.7 Å². The maximum atomic E-state index is 2.48. The molecule has 636 valence electrons. The highest BCUT2D eigenvalue weighted by molar-refractivity contribution is 7.27. The number of aryl methyl sites for hydroxylation is 4. The molecule has 0 radical (unpaired) electrons. The van der Waals surface area contributed by atoms with E-state index in [4.69, 9.17) is 0 Å². The van der Waals surface area contributed by atoms with Crippen LogP contribution in [0.15, 0.2) is 431 Å². The molecule has 11 heterocycles. The van der Waals surface area contributed by atoms with Gasteiger partial charge in [-0.05, 0) is 140 Å². The van der Waals surface area contributed by atoms with Gasteiger partial charge in [0.2, 0.25) is 0 Å². The first kappa shape index (κ1) is 76.9. The van der Waals surface area contributed by atoms with Crippen molar-refractivity contribution in [2.75, 3.05) is 0 Å². The molecule has 0 saturated carbocycles. The Morgan fingerprint density at radius 3 is 0.741 bits per heavy atom. The number of rotatable bonds is 5. The molecule has 0 unspecified atom stereocenters. The first-order valence-electron chi connectivity index (χ1n) is 46.3. The predicted octanol–water partition coefficient (Wildman–Crippen LogP) is 33.5. The highest BCUT2D eigenvalue weighted by Gasteiger charge is 2.32. The predicted molar refractivity (Wildman–Crippen MR) is 579 cm³/mol. The fraction of sp³-hybridized carbons (Fsp3) is 0.0323. The summed E-state index contributed by atoms with van der Waals surface area (Å²) in [6.45, 7) is 0. The molecule has 11 aromatic heterocycles. The second kappa shape index (κ2) is 29.8. The summed E-state index contributed by atoms with van der Waals surface area (Å²) in [6.07, 6.45) is 0. The van der Waals surface area contributed by atoms with E-state index in [0.29, 0.717) is 0 Å². The molecule has 31 aromatic rings. The van der Waals surface area contributed by atoms with Crippen LogP contribution in [0.3, 0.4) is 0 Å². The third-order valence-corrected chi connectivity index (χ3v) is 31.3. The molecule has 11 heteroatoms. The average molecular weight is 1760 g/mol. The minimum Gasteiger partial charge on any atom is -0.344 e. The Labute approximate surface area is 781 Å². The maximum absolute atomic E-state index is 2.48. The first-order valence-corrected chi connectivity index (χ1v) is 47.9. The van der Waals surface area contributed by atoms with Gasteiger partial charge in [0.1, 0.15) is 0 Å². The molecular weight excluding hydrogens is 1680 g/mol. The lowest BCUT2D eigenvalue weighted by molar-refractivity contribution is 1.01. The summed E-state index contributed by atoms with van der Waals surface area (Å²) >= 11 is 3.85. The van der Waals surface area contributed by atoms with Gasteiger partial charge in [0, 0.05) is 222 Å². The van der Waals surface area contributed by atoms with E-state index < -0.39 is 0 Å². The minimum atomic E-state index is 1.17. The van der Waals surface area contributed by atoms with E-state index in [1.807, 2.05) is 22.7 Å². The monoisotopic (exact) mass is 1760 g/mol. The molecule has 0 aliphatic carbocycles. The van der Waals surface area contributed by atoms with Crippen molar-refractivity contribution < 1.29 is 0 Å². The van der Waals surface area contributed by atoms with Crippen molar-refractivity contribution in [3.05, 3.63) is 431 Å². The van der Waals surface area contributed by atoms with Gasteiger partial charge in [-0.15, -0.1) is 22.7 Å². The van der Waals surface area contributed by atoms with Crippen molar-refractivity contribution >= 4 is 259 Å². The SMILES string of the molecule is Cn1c2ccccc2c2c3c4ccccc4n(-c4ccccc4)c3c3c4ccccc4n(-c4ccccc4)c3c21.Cn1c2ccccc2c2c3c4ccccc4n(-c4ccccc4)c3ccc21.Cn1c2ccccc2c2c3c4ccccc4sc3c3c4ccccc4n(-c4ccccc4)c3c21.Cn1c2ccccc2c2c3sc4ccccc4c3c3c4ccccc4n(-c4ccccc4)c3c21. The third-order valence-electron chi connectivity index (χ3n) is 28.9. The quantitative estimate of drug-likeness (QED) is 0.165. The fourth-order valence-electron chi connectivity index (χ4n) is 23.5. The van der Waals surface area contributed by atoms with E-state index in [2.05, 4.69) is 500 Å². The van der Waals surface area contributed by atoms with Crippen molar-refractivity contribution in [1.29, 1.82) is 0 Å². The Morgan fingerprint density at radius 1 is 0.133 bits per heavy atom. The highest BCUT2D eigenvalue weighted by Crippen LogP contribution is 2.55. The zero-order valence-electron chi connectivity index (χ0n) is 74.3. The summed E-state index contributed by atoms with van der Waals surface area (Å²) in [4.78, 5) is 0. The average Bonchev–Trinajstić information content (AvgIpc) is 1.52. The third kappa shape index (κ3) is 10.9.